The van der Waals surface area contributed by atoms with E-state index in [0.29, 0.717) is 23.1 Å². The van der Waals surface area contributed by atoms with Gasteiger partial charge in [-0.15, -0.1) is 15.0 Å². The number of benzene rings is 3. The molecule has 214 valence electrons. The van der Waals surface area contributed by atoms with Gasteiger partial charge >= 0.3 is 0 Å². The van der Waals surface area contributed by atoms with E-state index in [1.807, 2.05) is 30.3 Å². The van der Waals surface area contributed by atoms with Crippen LogP contribution in [0, 0.1) is 0 Å². The molecule has 0 amide bonds. The van der Waals surface area contributed by atoms with Crippen LogP contribution >= 0.6 is 0 Å². The first kappa shape index (κ1) is 28.0. The van der Waals surface area contributed by atoms with Crippen molar-refractivity contribution in [2.75, 3.05) is 48.6 Å². The van der Waals surface area contributed by atoms with Crippen LogP contribution in [0.1, 0.15) is 28.1 Å². The number of hydrogen-bond donors (Lipinski definition) is 0. The van der Waals surface area contributed by atoms with Gasteiger partial charge in [0, 0.05) is 19.6 Å². The molecule has 5 rings (SSSR count). The lowest BCUT2D eigenvalue weighted by Gasteiger charge is -2.29. The van der Waals surface area contributed by atoms with Crippen molar-refractivity contribution < 1.29 is 23.7 Å². The van der Waals surface area contributed by atoms with Gasteiger partial charge in [0.15, 0.2) is 28.8 Å². The number of fused-ring (bicyclic) bond motifs is 1. The van der Waals surface area contributed by atoms with E-state index in [1.54, 1.807) is 41.6 Å². The van der Waals surface area contributed by atoms with Crippen molar-refractivity contribution in [2.24, 2.45) is 0 Å². The summed E-state index contributed by atoms with van der Waals surface area (Å²) in [5, 5.41) is 12.9. The molecule has 0 fully saturated rings. The van der Waals surface area contributed by atoms with Gasteiger partial charge in [0.05, 0.1) is 41.2 Å². The van der Waals surface area contributed by atoms with Crippen molar-refractivity contribution in [2.45, 2.75) is 19.4 Å². The van der Waals surface area contributed by atoms with Crippen LogP contribution in [0.2, 0.25) is 0 Å². The van der Waals surface area contributed by atoms with Gasteiger partial charge < -0.3 is 23.7 Å². The topological polar surface area (TPSA) is 93.0 Å². The summed E-state index contributed by atoms with van der Waals surface area (Å²) in [6.07, 6.45) is 5.63. The van der Waals surface area contributed by atoms with Gasteiger partial charge in [0.1, 0.15) is 0 Å². The molecule has 3 aromatic carbocycles. The van der Waals surface area contributed by atoms with Crippen molar-refractivity contribution in [3.63, 3.8) is 0 Å². The summed E-state index contributed by atoms with van der Waals surface area (Å²) in [4.78, 5) is 4.01. The van der Waals surface area contributed by atoms with Crippen LogP contribution in [0.25, 0.3) is 17.8 Å². The summed E-state index contributed by atoms with van der Waals surface area (Å²) < 4.78 is 27.2. The molecule has 0 spiro atoms. The standard InChI is InChI=1S/C31H35N5O5/c1-37-26-18-23-13-15-35(20-24(23)19-27(26)38-2)14-12-21-6-9-25(10-7-21)36-33-30(32-34-36)11-8-22-16-28(39-3)31(41-5)29(17-22)40-4/h6-11,16-19H,12-15,20H2,1-5H3/b11-8+. The summed E-state index contributed by atoms with van der Waals surface area (Å²) in [7, 11) is 8.11. The largest absolute Gasteiger partial charge is 0.493 e. The quantitative estimate of drug-likeness (QED) is 0.265. The highest BCUT2D eigenvalue weighted by Crippen LogP contribution is 2.38. The SMILES string of the molecule is COc1cc2c(cc1OC)CN(CCc1ccc(-n3nnc(/C=C/c4cc(OC)c(OC)c(OC)c4)n3)cc1)CC2. The molecule has 1 aliphatic heterocycles. The normalized spacial score (nSPS) is 13.2. The van der Waals surface area contributed by atoms with Crippen molar-refractivity contribution in [1.82, 2.24) is 25.1 Å². The van der Waals surface area contributed by atoms with Crippen LogP contribution in [0.5, 0.6) is 28.7 Å². The molecule has 4 aromatic rings. The molecular weight excluding hydrogens is 522 g/mol. The first-order valence-electron chi connectivity index (χ1n) is 13.4. The van der Waals surface area contributed by atoms with Crippen LogP contribution in [-0.2, 0) is 19.4 Å². The molecule has 0 atom stereocenters. The zero-order valence-electron chi connectivity index (χ0n) is 24.1. The fourth-order valence-corrected chi connectivity index (χ4v) is 4.99. The number of tetrazole rings is 1. The van der Waals surface area contributed by atoms with Gasteiger partial charge in [0.2, 0.25) is 5.75 Å². The minimum Gasteiger partial charge on any atom is -0.493 e. The smallest absolute Gasteiger partial charge is 0.203 e. The second-order valence-corrected chi connectivity index (χ2v) is 9.65. The number of ether oxygens (including phenoxy) is 5. The maximum absolute atomic E-state index is 5.50. The first-order valence-corrected chi connectivity index (χ1v) is 13.4. The number of methoxy groups -OCH3 is 5. The highest BCUT2D eigenvalue weighted by atomic mass is 16.5. The third-order valence-electron chi connectivity index (χ3n) is 7.22. The van der Waals surface area contributed by atoms with Crippen molar-refractivity contribution in [3.05, 3.63) is 76.6 Å². The predicted octanol–water partition coefficient (Wildman–Crippen LogP) is 4.48. The number of aromatic nitrogens is 4. The van der Waals surface area contributed by atoms with Crippen LogP contribution < -0.4 is 23.7 Å². The molecule has 10 nitrogen and oxygen atoms in total. The summed E-state index contributed by atoms with van der Waals surface area (Å²) in [6, 6.07) is 16.2. The Bertz CT molecular complexity index is 1490. The van der Waals surface area contributed by atoms with Gasteiger partial charge in [0.25, 0.3) is 0 Å². The molecule has 0 bridgehead atoms. The molecule has 0 N–H and O–H groups in total. The molecule has 0 saturated heterocycles. The Hall–Kier alpha value is -4.57. The minimum absolute atomic E-state index is 0.488. The van der Waals surface area contributed by atoms with E-state index in [2.05, 4.69) is 44.6 Å². The Labute approximate surface area is 240 Å². The highest BCUT2D eigenvalue weighted by Gasteiger charge is 2.19. The molecule has 41 heavy (non-hydrogen) atoms. The molecule has 0 saturated carbocycles. The average Bonchev–Trinajstić information content (AvgIpc) is 3.50. The Morgan fingerprint density at radius 3 is 2.05 bits per heavy atom. The molecule has 2 heterocycles. The lowest BCUT2D eigenvalue weighted by atomic mass is 9.98. The third-order valence-corrected chi connectivity index (χ3v) is 7.22. The van der Waals surface area contributed by atoms with Crippen LogP contribution in [0.3, 0.4) is 0 Å². The molecule has 10 heteroatoms. The summed E-state index contributed by atoms with van der Waals surface area (Å²) in [6.45, 7) is 2.91. The van der Waals surface area contributed by atoms with E-state index in [-0.39, 0.29) is 0 Å². The fourth-order valence-electron chi connectivity index (χ4n) is 4.99. The van der Waals surface area contributed by atoms with Gasteiger partial charge in [-0.3, -0.25) is 4.90 Å². The Morgan fingerprint density at radius 1 is 0.756 bits per heavy atom. The van der Waals surface area contributed by atoms with Gasteiger partial charge in [-0.1, -0.05) is 18.2 Å². The van der Waals surface area contributed by atoms with Gasteiger partial charge in [-0.05, 0) is 82.8 Å². The van der Waals surface area contributed by atoms with E-state index < -0.39 is 0 Å². The van der Waals surface area contributed by atoms with E-state index in [4.69, 9.17) is 23.7 Å². The van der Waals surface area contributed by atoms with Crippen LogP contribution in [0.4, 0.5) is 0 Å². The second kappa shape index (κ2) is 12.7. The molecule has 0 radical (unpaired) electrons. The average molecular weight is 558 g/mol. The molecule has 1 aromatic heterocycles. The third kappa shape index (κ3) is 6.28. The summed E-state index contributed by atoms with van der Waals surface area (Å²) >= 11 is 0. The highest BCUT2D eigenvalue weighted by molar-refractivity contribution is 5.70. The summed E-state index contributed by atoms with van der Waals surface area (Å²) in [5.74, 6) is 3.77. The lowest BCUT2D eigenvalue weighted by molar-refractivity contribution is 0.255. The van der Waals surface area contributed by atoms with Crippen molar-refractivity contribution in [3.8, 4) is 34.4 Å². The number of hydrogen-bond acceptors (Lipinski definition) is 9. The molecular formula is C31H35N5O5. The Kier molecular flexibility index (Phi) is 8.69. The Morgan fingerprint density at radius 2 is 1.41 bits per heavy atom. The number of nitrogens with zero attached hydrogens (tertiary/aromatic N) is 5. The molecule has 0 aliphatic carbocycles. The maximum atomic E-state index is 5.50. The van der Waals surface area contributed by atoms with E-state index in [1.165, 1.54) is 21.5 Å². The number of rotatable bonds is 11. The lowest BCUT2D eigenvalue weighted by Crippen LogP contribution is -2.32. The van der Waals surface area contributed by atoms with E-state index in [9.17, 15) is 0 Å². The van der Waals surface area contributed by atoms with Crippen molar-refractivity contribution in [1.29, 1.82) is 0 Å². The first-order chi connectivity index (χ1) is 20.0. The fraction of sp³-hybridized carbons (Fsp3) is 0.323. The van der Waals surface area contributed by atoms with E-state index >= 15 is 0 Å². The maximum Gasteiger partial charge on any atom is 0.203 e. The zero-order valence-corrected chi connectivity index (χ0v) is 24.1. The monoisotopic (exact) mass is 557 g/mol. The molecule has 0 unspecified atom stereocenters. The van der Waals surface area contributed by atoms with Crippen LogP contribution in [0.15, 0.2) is 48.5 Å². The zero-order chi connectivity index (χ0) is 28.8. The van der Waals surface area contributed by atoms with Crippen LogP contribution in [-0.4, -0.2) is 73.7 Å². The Balaban J connectivity index is 1.19. The van der Waals surface area contributed by atoms with Gasteiger partial charge in [-0.25, -0.2) is 0 Å². The minimum atomic E-state index is 0.488. The summed E-state index contributed by atoms with van der Waals surface area (Å²) in [5.41, 5.74) is 5.60. The second-order valence-electron chi connectivity index (χ2n) is 9.65. The predicted molar refractivity (Wildman–Crippen MR) is 156 cm³/mol. The van der Waals surface area contributed by atoms with Gasteiger partial charge in [-0.2, -0.15) is 0 Å². The van der Waals surface area contributed by atoms with E-state index in [0.717, 1.165) is 55.2 Å². The molecule has 1 aliphatic rings. The van der Waals surface area contributed by atoms with Crippen molar-refractivity contribution >= 4 is 12.2 Å².